The van der Waals surface area contributed by atoms with E-state index in [0.29, 0.717) is 28.9 Å². The quantitative estimate of drug-likeness (QED) is 0.0365. The van der Waals surface area contributed by atoms with E-state index in [1.165, 1.54) is 12.2 Å². The molecule has 12 heteroatoms. The normalized spacial score (nSPS) is 13.8. The molecule has 0 aliphatic heterocycles. The number of para-hydroxylation sites is 1. The summed E-state index contributed by atoms with van der Waals surface area (Å²) in [5, 5.41) is 21.1. The minimum Gasteiger partial charge on any atom is -0.445 e. The summed E-state index contributed by atoms with van der Waals surface area (Å²) in [6.07, 6.45) is 10.0. The predicted octanol–water partition coefficient (Wildman–Crippen LogP) is 12.1. The van der Waals surface area contributed by atoms with Gasteiger partial charge in [-0.3, -0.25) is 0 Å². The van der Waals surface area contributed by atoms with Gasteiger partial charge in [-0.2, -0.15) is 10.2 Å². The van der Waals surface area contributed by atoms with E-state index in [-0.39, 0.29) is 37.4 Å². The Kier molecular flexibility index (Phi) is 14.8. The van der Waals surface area contributed by atoms with Gasteiger partial charge < -0.3 is 15.0 Å². The van der Waals surface area contributed by atoms with Crippen molar-refractivity contribution in [3.05, 3.63) is 190 Å². The lowest BCUT2D eigenvalue weighted by Crippen LogP contribution is -2.23. The topological polar surface area (TPSA) is 153 Å². The van der Waals surface area contributed by atoms with Crippen LogP contribution in [0.15, 0.2) is 171 Å². The van der Waals surface area contributed by atoms with E-state index < -0.39 is 6.09 Å². The van der Waals surface area contributed by atoms with Crippen molar-refractivity contribution in [1.82, 2.24) is 5.32 Å². The molecule has 12 nitrogen and oxygen atoms in total. The number of hydrogen-bond acceptors (Lipinski definition) is 10. The van der Waals surface area contributed by atoms with Gasteiger partial charge in [0.1, 0.15) is 6.61 Å². The van der Waals surface area contributed by atoms with E-state index in [1.807, 2.05) is 121 Å². The Balaban J connectivity index is 1.07. The third-order valence-electron chi connectivity index (χ3n) is 9.79. The van der Waals surface area contributed by atoms with E-state index in [1.54, 1.807) is 18.2 Å². The van der Waals surface area contributed by atoms with Gasteiger partial charge in [-0.25, -0.2) is 34.5 Å². The molecule has 5 aromatic rings. The summed E-state index contributed by atoms with van der Waals surface area (Å²) in [4.78, 5) is 46.6. The number of nitrogens with zero attached hydrogens (tertiary/aromatic N) is 7. The van der Waals surface area contributed by atoms with E-state index in [4.69, 9.17) is 11.3 Å². The number of isocyanates is 2. The van der Waals surface area contributed by atoms with Crippen LogP contribution in [0.5, 0.6) is 0 Å². The maximum absolute atomic E-state index is 12.6. The molecule has 0 spiro atoms. The number of carbonyl (C=O) groups excluding carboxylic acids is 3. The lowest BCUT2D eigenvalue weighted by molar-refractivity contribution is 0.139. The van der Waals surface area contributed by atoms with E-state index in [0.717, 1.165) is 51.3 Å². The summed E-state index contributed by atoms with van der Waals surface area (Å²) in [7, 11) is 0. The second-order valence-corrected chi connectivity index (χ2v) is 15.2. The molecule has 1 aliphatic rings. The van der Waals surface area contributed by atoms with Crippen molar-refractivity contribution in [2.75, 3.05) is 4.90 Å². The number of azo groups is 1. The van der Waals surface area contributed by atoms with Gasteiger partial charge in [0.15, 0.2) is 0 Å². The van der Waals surface area contributed by atoms with E-state index >= 15 is 0 Å². The molecule has 0 radical (unpaired) electrons. The van der Waals surface area contributed by atoms with Crippen LogP contribution < -0.4 is 10.2 Å². The van der Waals surface area contributed by atoms with Crippen molar-refractivity contribution in [2.45, 2.75) is 52.9 Å². The van der Waals surface area contributed by atoms with Crippen LogP contribution in [0.4, 0.5) is 33.2 Å². The number of anilines is 3. The van der Waals surface area contributed by atoms with Crippen LogP contribution in [0.2, 0.25) is 0 Å². The van der Waals surface area contributed by atoms with E-state index in [9.17, 15) is 19.6 Å². The highest BCUT2D eigenvalue weighted by atomic mass is 16.5. The summed E-state index contributed by atoms with van der Waals surface area (Å²) in [6.45, 7) is 12.1. The molecule has 0 unspecified atom stereocenters. The second kappa shape index (κ2) is 21.1. The maximum Gasteiger partial charge on any atom is 0.407 e. The molecule has 0 aromatic heterocycles. The third-order valence-corrected chi connectivity index (χ3v) is 9.79. The van der Waals surface area contributed by atoms with Gasteiger partial charge >= 0.3 is 6.09 Å². The predicted molar refractivity (Wildman–Crippen MR) is 238 cm³/mol. The Hall–Kier alpha value is -8.27. The molecule has 0 heterocycles. The Morgan fingerprint density at radius 3 is 1.92 bits per heavy atom. The fraction of sp³-hybridized carbons (Fsp3) is 0.180. The van der Waals surface area contributed by atoms with Crippen LogP contribution in [0.3, 0.4) is 0 Å². The van der Waals surface area contributed by atoms with Crippen LogP contribution >= 0.6 is 0 Å². The Labute approximate surface area is 360 Å². The number of hydrogen-bond donors (Lipinski definition) is 1. The van der Waals surface area contributed by atoms with Crippen LogP contribution in [-0.4, -0.2) is 18.3 Å². The van der Waals surface area contributed by atoms with Gasteiger partial charge in [-0.1, -0.05) is 92.7 Å². The molecule has 0 saturated heterocycles. The standard InChI is InChI=1S/C50H42N8O4/c1-50(2)27-38(26-42(28-50)48(29-51)52-3)10-9-36-11-15-43(16-12-36)56-57-44-17-21-47(22-18-44)58(45-7-5-4-6-8-45)46-19-13-37(14-20-46)33-62-49(61)55-32-41-24-39(30-53-34-59)23-40(25-41)31-54-35-60/h4-26H,27-28,30-33H2,1-2H3,(H,55,61)/b10-9+,48-42+,57-56+. The number of amides is 1. The lowest BCUT2D eigenvalue weighted by atomic mass is 9.74. The van der Waals surface area contributed by atoms with Crippen molar-refractivity contribution >= 4 is 52.8 Å². The van der Waals surface area contributed by atoms with Gasteiger partial charge in [0.25, 0.3) is 5.70 Å². The molecular weight excluding hydrogens is 777 g/mol. The number of benzene rings is 5. The number of alkyl carbamates (subject to hydrolysis) is 1. The fourth-order valence-corrected chi connectivity index (χ4v) is 7.03. The highest BCUT2D eigenvalue weighted by molar-refractivity contribution is 5.77. The minimum absolute atomic E-state index is 0.0403. The molecule has 1 N–H and O–H groups in total. The SMILES string of the molecule is [C-]#[N+]/C(C#N)=C1C=C(/C=C/c2ccc(/N=N/c3ccc(N(c4ccccc4)c4ccc(COC(=O)NCc5cc(CN=C=O)cc(CN=C=O)c5)cc4)cc3)cc2)CC(C)(C)C\1. The zero-order chi connectivity index (χ0) is 43.7. The van der Waals surface area contributed by atoms with Gasteiger partial charge in [0, 0.05) is 23.6 Å². The number of aliphatic imine (C=N–C) groups is 2. The number of ether oxygens (including phenoxy) is 1. The minimum atomic E-state index is -0.606. The molecule has 0 bridgehead atoms. The third kappa shape index (κ3) is 12.4. The summed E-state index contributed by atoms with van der Waals surface area (Å²) in [5.74, 6) is 0. The van der Waals surface area contributed by atoms with Crippen molar-refractivity contribution in [2.24, 2.45) is 25.6 Å². The molecule has 1 amide bonds. The zero-order valence-electron chi connectivity index (χ0n) is 34.3. The summed E-state index contributed by atoms with van der Waals surface area (Å²) < 4.78 is 5.50. The van der Waals surface area contributed by atoms with Crippen molar-refractivity contribution in [1.29, 1.82) is 5.26 Å². The lowest BCUT2D eigenvalue weighted by Gasteiger charge is -2.30. The van der Waals surface area contributed by atoms with Crippen LogP contribution in [0, 0.1) is 23.3 Å². The fourth-order valence-electron chi connectivity index (χ4n) is 7.03. The van der Waals surface area contributed by atoms with Gasteiger partial charge in [-0.05, 0) is 118 Å². The smallest absolute Gasteiger partial charge is 0.407 e. The first-order chi connectivity index (χ1) is 30.1. The van der Waals surface area contributed by atoms with Gasteiger partial charge in [0.05, 0.1) is 37.1 Å². The molecule has 0 saturated carbocycles. The highest BCUT2D eigenvalue weighted by Crippen LogP contribution is 2.40. The van der Waals surface area contributed by atoms with Crippen molar-refractivity contribution < 1.29 is 19.1 Å². The molecule has 0 atom stereocenters. The zero-order valence-corrected chi connectivity index (χ0v) is 34.3. The van der Waals surface area contributed by atoms with Crippen molar-refractivity contribution in [3.63, 3.8) is 0 Å². The summed E-state index contributed by atoms with van der Waals surface area (Å²) in [5.41, 5.74) is 10.1. The average molecular weight is 819 g/mol. The largest absolute Gasteiger partial charge is 0.445 e. The van der Waals surface area contributed by atoms with Crippen LogP contribution in [0.25, 0.3) is 10.9 Å². The monoisotopic (exact) mass is 818 g/mol. The number of carbonyl (C=O) groups is 1. The maximum atomic E-state index is 12.6. The van der Waals surface area contributed by atoms with E-state index in [2.05, 4.69) is 55.2 Å². The van der Waals surface area contributed by atoms with Crippen LogP contribution in [-0.2, 0) is 40.6 Å². The summed E-state index contributed by atoms with van der Waals surface area (Å²) >= 11 is 0. The number of nitrogens with one attached hydrogen (secondary N) is 1. The second-order valence-electron chi connectivity index (χ2n) is 15.2. The molecule has 62 heavy (non-hydrogen) atoms. The first-order valence-electron chi connectivity index (χ1n) is 19.7. The molecule has 5 aromatic carbocycles. The Bertz CT molecular complexity index is 2640. The first-order valence-corrected chi connectivity index (χ1v) is 19.7. The number of rotatable bonds is 15. The number of allylic oxidation sites excluding steroid dienone is 5. The molecule has 306 valence electrons. The highest BCUT2D eigenvalue weighted by Gasteiger charge is 2.26. The van der Waals surface area contributed by atoms with Gasteiger partial charge in [0.2, 0.25) is 12.2 Å². The Morgan fingerprint density at radius 1 is 0.774 bits per heavy atom. The van der Waals surface area contributed by atoms with Gasteiger partial charge in [-0.15, -0.1) is 0 Å². The van der Waals surface area contributed by atoms with Crippen molar-refractivity contribution in [3.8, 4) is 6.07 Å². The molecular formula is C50H42N8O4. The molecule has 0 fully saturated rings. The van der Waals surface area contributed by atoms with Crippen LogP contribution in [0.1, 0.15) is 54.5 Å². The molecule has 6 rings (SSSR count). The number of nitriles is 1. The summed E-state index contributed by atoms with van der Waals surface area (Å²) in [6, 6.07) is 40.7. The Morgan fingerprint density at radius 2 is 1.34 bits per heavy atom. The average Bonchev–Trinajstić information content (AvgIpc) is 3.29. The molecule has 1 aliphatic carbocycles. The first kappa shape index (κ1) is 43.3.